The summed E-state index contributed by atoms with van der Waals surface area (Å²) in [5, 5.41) is 7.30. The lowest BCUT2D eigenvalue weighted by atomic mass is 10.2. The van der Waals surface area contributed by atoms with E-state index in [-0.39, 0.29) is 17.5 Å². The number of aromatic nitrogens is 3. The summed E-state index contributed by atoms with van der Waals surface area (Å²) in [6.07, 6.45) is 7.98. The summed E-state index contributed by atoms with van der Waals surface area (Å²) in [7, 11) is 0. The Bertz CT molecular complexity index is 946. The number of hydrogen-bond acceptors (Lipinski definition) is 4. The van der Waals surface area contributed by atoms with Crippen LogP contribution in [0.25, 0.3) is 16.6 Å². The van der Waals surface area contributed by atoms with E-state index in [1.165, 1.54) is 4.68 Å². The maximum absolute atomic E-state index is 12.8. The third-order valence-electron chi connectivity index (χ3n) is 4.87. The summed E-state index contributed by atoms with van der Waals surface area (Å²) in [6.45, 7) is 1.89. The Morgan fingerprint density at radius 1 is 1.42 bits per heavy atom. The van der Waals surface area contributed by atoms with Crippen LogP contribution in [-0.2, 0) is 4.79 Å². The molecule has 1 fully saturated rings. The van der Waals surface area contributed by atoms with Crippen molar-refractivity contribution in [1.29, 1.82) is 0 Å². The number of furan rings is 1. The standard InChI is InChI=1S/C17H20N4O3/c1-2-12(16(22)19-11-5-3-4-6-11)21-17(23)14-9-15-13(7-8-24-15)20(14)10-18-21/h7-12H,2-6H2,1H3,(H,19,22). The second-order valence-electron chi connectivity index (χ2n) is 6.36. The van der Waals surface area contributed by atoms with Gasteiger partial charge in [-0.2, -0.15) is 5.10 Å². The van der Waals surface area contributed by atoms with E-state index in [9.17, 15) is 9.59 Å². The minimum absolute atomic E-state index is 0.126. The molecule has 126 valence electrons. The molecule has 0 aliphatic heterocycles. The van der Waals surface area contributed by atoms with E-state index in [1.54, 1.807) is 29.1 Å². The number of hydrogen-bond donors (Lipinski definition) is 1. The average molecular weight is 328 g/mol. The molecule has 7 heteroatoms. The summed E-state index contributed by atoms with van der Waals surface area (Å²) in [5.41, 5.74) is 1.61. The Labute approximate surface area is 138 Å². The summed E-state index contributed by atoms with van der Waals surface area (Å²) >= 11 is 0. The number of carbonyl (C=O) groups is 1. The molecule has 0 spiro atoms. The van der Waals surface area contributed by atoms with Crippen LogP contribution in [0.5, 0.6) is 0 Å². The molecule has 24 heavy (non-hydrogen) atoms. The van der Waals surface area contributed by atoms with Crippen LogP contribution >= 0.6 is 0 Å². The van der Waals surface area contributed by atoms with Gasteiger partial charge in [0.25, 0.3) is 5.56 Å². The van der Waals surface area contributed by atoms with Gasteiger partial charge >= 0.3 is 0 Å². The minimum Gasteiger partial charge on any atom is -0.463 e. The Hall–Kier alpha value is -2.57. The fourth-order valence-corrected chi connectivity index (χ4v) is 3.57. The molecule has 0 bridgehead atoms. The lowest BCUT2D eigenvalue weighted by molar-refractivity contribution is -0.125. The molecule has 3 heterocycles. The maximum Gasteiger partial charge on any atom is 0.291 e. The van der Waals surface area contributed by atoms with E-state index in [0.29, 0.717) is 17.5 Å². The monoisotopic (exact) mass is 328 g/mol. The van der Waals surface area contributed by atoms with E-state index in [4.69, 9.17) is 4.42 Å². The topological polar surface area (TPSA) is 81.5 Å². The van der Waals surface area contributed by atoms with E-state index in [2.05, 4.69) is 10.4 Å². The van der Waals surface area contributed by atoms with Gasteiger partial charge in [-0.25, -0.2) is 4.68 Å². The summed E-state index contributed by atoms with van der Waals surface area (Å²) < 4.78 is 8.33. The van der Waals surface area contributed by atoms with Crippen molar-refractivity contribution >= 4 is 22.5 Å². The van der Waals surface area contributed by atoms with Gasteiger partial charge in [-0.15, -0.1) is 0 Å². The molecule has 3 aromatic heterocycles. The Morgan fingerprint density at radius 3 is 2.96 bits per heavy atom. The van der Waals surface area contributed by atoms with Gasteiger partial charge in [0.15, 0.2) is 5.58 Å². The number of nitrogens with zero attached hydrogens (tertiary/aromatic N) is 3. The largest absolute Gasteiger partial charge is 0.463 e. The third kappa shape index (κ3) is 2.31. The SMILES string of the molecule is CCC(C(=O)NC1CCCC1)n1ncn2c(cc3occc32)c1=O. The molecule has 0 aromatic carbocycles. The minimum atomic E-state index is -0.593. The van der Waals surface area contributed by atoms with Crippen LogP contribution in [0.3, 0.4) is 0 Å². The number of fused-ring (bicyclic) bond motifs is 3. The highest BCUT2D eigenvalue weighted by molar-refractivity contribution is 5.83. The normalized spacial score (nSPS) is 16.9. The second-order valence-corrected chi connectivity index (χ2v) is 6.36. The predicted molar refractivity (Wildman–Crippen MR) is 89.0 cm³/mol. The molecule has 1 N–H and O–H groups in total. The van der Waals surface area contributed by atoms with Gasteiger partial charge in [0.05, 0.1) is 11.8 Å². The number of amides is 1. The van der Waals surface area contributed by atoms with Crippen molar-refractivity contribution in [2.45, 2.75) is 51.1 Å². The predicted octanol–water partition coefficient (Wildman–Crippen LogP) is 2.25. The van der Waals surface area contributed by atoms with E-state index >= 15 is 0 Å². The van der Waals surface area contributed by atoms with Gasteiger partial charge in [-0.3, -0.25) is 14.0 Å². The van der Waals surface area contributed by atoms with Gasteiger partial charge in [-0.1, -0.05) is 19.8 Å². The fraction of sp³-hybridized carbons (Fsp3) is 0.471. The molecule has 1 unspecified atom stereocenters. The smallest absolute Gasteiger partial charge is 0.291 e. The molecule has 7 nitrogen and oxygen atoms in total. The van der Waals surface area contributed by atoms with Crippen LogP contribution in [0.4, 0.5) is 0 Å². The van der Waals surface area contributed by atoms with E-state index < -0.39 is 6.04 Å². The lowest BCUT2D eigenvalue weighted by Crippen LogP contribution is -2.42. The van der Waals surface area contributed by atoms with Gasteiger partial charge < -0.3 is 9.73 Å². The first-order valence-electron chi connectivity index (χ1n) is 8.45. The number of rotatable bonds is 4. The zero-order valence-electron chi connectivity index (χ0n) is 13.6. The van der Waals surface area contributed by atoms with Crippen LogP contribution in [-0.4, -0.2) is 26.1 Å². The lowest BCUT2D eigenvalue weighted by Gasteiger charge is -2.19. The van der Waals surface area contributed by atoms with Crippen molar-refractivity contribution in [1.82, 2.24) is 19.5 Å². The molecule has 1 aliphatic carbocycles. The average Bonchev–Trinajstić information content (AvgIpc) is 3.27. The molecule has 1 saturated carbocycles. The van der Waals surface area contributed by atoms with Crippen LogP contribution in [0, 0.1) is 0 Å². The summed E-state index contributed by atoms with van der Waals surface area (Å²) in [6, 6.07) is 3.11. The quantitative estimate of drug-likeness (QED) is 0.796. The Morgan fingerprint density at radius 2 is 2.21 bits per heavy atom. The molecule has 4 rings (SSSR count). The summed E-state index contributed by atoms with van der Waals surface area (Å²) in [5.74, 6) is -0.126. The zero-order valence-corrected chi connectivity index (χ0v) is 13.6. The van der Waals surface area contributed by atoms with Crippen molar-refractivity contribution in [2.24, 2.45) is 0 Å². The first-order chi connectivity index (χ1) is 11.7. The van der Waals surface area contributed by atoms with E-state index in [1.807, 2.05) is 6.92 Å². The van der Waals surface area contributed by atoms with Gasteiger partial charge in [0.2, 0.25) is 5.91 Å². The van der Waals surface area contributed by atoms with Crippen molar-refractivity contribution < 1.29 is 9.21 Å². The zero-order chi connectivity index (χ0) is 16.7. The van der Waals surface area contributed by atoms with E-state index in [0.717, 1.165) is 31.2 Å². The third-order valence-corrected chi connectivity index (χ3v) is 4.87. The maximum atomic E-state index is 12.8. The highest BCUT2D eigenvalue weighted by Crippen LogP contribution is 2.21. The van der Waals surface area contributed by atoms with Crippen LogP contribution < -0.4 is 10.9 Å². The molecule has 0 radical (unpaired) electrons. The number of carbonyl (C=O) groups excluding carboxylic acids is 1. The molecule has 1 atom stereocenters. The Kier molecular flexibility index (Phi) is 3.63. The van der Waals surface area contributed by atoms with Gasteiger partial charge in [0, 0.05) is 18.2 Å². The van der Waals surface area contributed by atoms with Crippen molar-refractivity contribution in [3.8, 4) is 0 Å². The Balaban J connectivity index is 1.71. The van der Waals surface area contributed by atoms with Crippen molar-refractivity contribution in [3.63, 3.8) is 0 Å². The fourth-order valence-electron chi connectivity index (χ4n) is 3.57. The van der Waals surface area contributed by atoms with Crippen LogP contribution in [0.2, 0.25) is 0 Å². The molecular formula is C17H20N4O3. The van der Waals surface area contributed by atoms with Gasteiger partial charge in [-0.05, 0) is 19.3 Å². The van der Waals surface area contributed by atoms with Gasteiger partial charge in [0.1, 0.15) is 17.9 Å². The molecule has 1 aliphatic rings. The first-order valence-corrected chi connectivity index (χ1v) is 8.45. The highest BCUT2D eigenvalue weighted by atomic mass is 16.3. The second kappa shape index (κ2) is 5.81. The van der Waals surface area contributed by atoms with Crippen LogP contribution in [0.15, 0.2) is 33.9 Å². The van der Waals surface area contributed by atoms with Crippen molar-refractivity contribution in [3.05, 3.63) is 35.1 Å². The highest BCUT2D eigenvalue weighted by Gasteiger charge is 2.26. The molecular weight excluding hydrogens is 308 g/mol. The first kappa shape index (κ1) is 15.0. The number of nitrogens with one attached hydrogen (secondary N) is 1. The van der Waals surface area contributed by atoms with Crippen LogP contribution in [0.1, 0.15) is 45.1 Å². The molecule has 0 saturated heterocycles. The molecule has 1 amide bonds. The van der Waals surface area contributed by atoms with Crippen molar-refractivity contribution in [2.75, 3.05) is 0 Å². The molecule has 3 aromatic rings. The summed E-state index contributed by atoms with van der Waals surface area (Å²) in [4.78, 5) is 25.4.